The van der Waals surface area contributed by atoms with Crippen LogP contribution in [0.1, 0.15) is 6.42 Å². The van der Waals surface area contributed by atoms with E-state index in [0.29, 0.717) is 6.61 Å². The number of hydrogen-bond acceptors (Lipinski definition) is 2. The maximum Gasteiger partial charge on any atom is 0.0644 e. The summed E-state index contributed by atoms with van der Waals surface area (Å²) in [6.45, 7) is 6.94. The third kappa shape index (κ3) is 2.50. The first-order valence-electron chi connectivity index (χ1n) is 3.70. The Balaban J connectivity index is 1.80. The average Bonchev–Trinajstić information content (AvgIpc) is 1.84. The van der Waals surface area contributed by atoms with E-state index in [0.717, 1.165) is 32.2 Å². The number of ether oxygens (including phenoxy) is 2. The summed E-state index contributed by atoms with van der Waals surface area (Å²) in [7, 11) is 0. The Morgan fingerprint density at radius 2 is 2.40 bits per heavy atom. The van der Waals surface area contributed by atoms with Crippen molar-refractivity contribution in [1.82, 2.24) is 0 Å². The van der Waals surface area contributed by atoms with Gasteiger partial charge in [0.2, 0.25) is 0 Å². The number of rotatable bonds is 5. The van der Waals surface area contributed by atoms with E-state index >= 15 is 0 Å². The average molecular weight is 142 g/mol. The highest BCUT2D eigenvalue weighted by Gasteiger charge is 2.17. The number of hydrogen-bond donors (Lipinski definition) is 0. The molecule has 1 fully saturated rings. The summed E-state index contributed by atoms with van der Waals surface area (Å²) >= 11 is 0. The Bertz CT molecular complexity index is 97.4. The summed E-state index contributed by atoms with van der Waals surface area (Å²) in [6.07, 6.45) is 2.91. The molecule has 0 amide bonds. The molecule has 1 saturated heterocycles. The molecule has 0 atom stereocenters. The minimum Gasteiger partial charge on any atom is -0.381 e. The summed E-state index contributed by atoms with van der Waals surface area (Å²) in [4.78, 5) is 0. The molecule has 0 aromatic carbocycles. The van der Waals surface area contributed by atoms with Crippen molar-refractivity contribution in [3.05, 3.63) is 12.7 Å². The van der Waals surface area contributed by atoms with Gasteiger partial charge in [-0.15, -0.1) is 6.58 Å². The third-order valence-electron chi connectivity index (χ3n) is 1.61. The molecule has 2 heteroatoms. The monoisotopic (exact) mass is 142 g/mol. The van der Waals surface area contributed by atoms with E-state index in [1.807, 2.05) is 0 Å². The lowest BCUT2D eigenvalue weighted by atomic mass is 10.1. The molecule has 0 spiro atoms. The molecule has 0 aliphatic carbocycles. The molecular formula is C8H14O2. The minimum absolute atomic E-state index is 0.674. The van der Waals surface area contributed by atoms with Crippen molar-refractivity contribution in [2.75, 3.05) is 26.4 Å². The molecule has 0 aromatic rings. The summed E-state index contributed by atoms with van der Waals surface area (Å²) in [6, 6.07) is 0. The minimum atomic E-state index is 0.674. The topological polar surface area (TPSA) is 18.5 Å². The van der Waals surface area contributed by atoms with Crippen molar-refractivity contribution < 1.29 is 9.47 Å². The van der Waals surface area contributed by atoms with E-state index in [-0.39, 0.29) is 0 Å². The Hall–Kier alpha value is -0.340. The lowest BCUT2D eigenvalue weighted by molar-refractivity contribution is -0.0453. The molecule has 0 N–H and O–H groups in total. The molecule has 0 unspecified atom stereocenters. The van der Waals surface area contributed by atoms with Crippen molar-refractivity contribution in [2.24, 2.45) is 5.92 Å². The lowest BCUT2D eigenvalue weighted by Crippen LogP contribution is -2.28. The van der Waals surface area contributed by atoms with Gasteiger partial charge in [-0.3, -0.25) is 0 Å². The molecule has 2 nitrogen and oxygen atoms in total. The van der Waals surface area contributed by atoms with Gasteiger partial charge in [-0.2, -0.15) is 0 Å². The van der Waals surface area contributed by atoms with Crippen molar-refractivity contribution in [3.63, 3.8) is 0 Å². The van der Waals surface area contributed by atoms with Crippen LogP contribution in [0.2, 0.25) is 0 Å². The van der Waals surface area contributed by atoms with Gasteiger partial charge in [-0.1, -0.05) is 6.08 Å². The molecular weight excluding hydrogens is 128 g/mol. The van der Waals surface area contributed by atoms with Gasteiger partial charge in [0.05, 0.1) is 19.8 Å². The summed E-state index contributed by atoms with van der Waals surface area (Å²) in [5, 5.41) is 0. The van der Waals surface area contributed by atoms with Crippen LogP contribution < -0.4 is 0 Å². The van der Waals surface area contributed by atoms with Crippen molar-refractivity contribution in [2.45, 2.75) is 6.42 Å². The molecule has 1 heterocycles. The highest BCUT2D eigenvalue weighted by Crippen LogP contribution is 2.13. The van der Waals surface area contributed by atoms with Crippen molar-refractivity contribution in [3.8, 4) is 0 Å². The molecule has 1 aliphatic heterocycles. The van der Waals surface area contributed by atoms with Crippen LogP contribution in [0.5, 0.6) is 0 Å². The zero-order valence-corrected chi connectivity index (χ0v) is 6.21. The van der Waals surface area contributed by atoms with Crippen molar-refractivity contribution >= 4 is 0 Å². The van der Waals surface area contributed by atoms with Gasteiger partial charge in [0.15, 0.2) is 0 Å². The first kappa shape index (κ1) is 7.76. The van der Waals surface area contributed by atoms with E-state index in [4.69, 9.17) is 9.47 Å². The quantitative estimate of drug-likeness (QED) is 0.424. The predicted octanol–water partition coefficient (Wildman–Crippen LogP) is 1.23. The van der Waals surface area contributed by atoms with E-state index in [2.05, 4.69) is 6.58 Å². The maximum atomic E-state index is 5.22. The Kier molecular flexibility index (Phi) is 3.47. The second-order valence-electron chi connectivity index (χ2n) is 2.56. The highest BCUT2D eigenvalue weighted by atomic mass is 16.5. The second-order valence-corrected chi connectivity index (χ2v) is 2.56. The van der Waals surface area contributed by atoms with Crippen LogP contribution in [0.3, 0.4) is 0 Å². The Labute approximate surface area is 61.8 Å². The Morgan fingerprint density at radius 1 is 1.60 bits per heavy atom. The van der Waals surface area contributed by atoms with Crippen LogP contribution in [0.4, 0.5) is 0 Å². The fourth-order valence-electron chi connectivity index (χ4n) is 0.868. The molecule has 0 bridgehead atoms. The second kappa shape index (κ2) is 4.47. The van der Waals surface area contributed by atoms with Crippen molar-refractivity contribution in [1.29, 1.82) is 0 Å². The molecule has 0 radical (unpaired) electrons. The predicted molar refractivity (Wildman–Crippen MR) is 39.9 cm³/mol. The molecule has 1 aliphatic rings. The van der Waals surface area contributed by atoms with Gasteiger partial charge in [0, 0.05) is 12.5 Å². The standard InChI is InChI=1S/C8H14O2/c1-2-4-9-5-3-8-6-10-7-8/h2,8H,1,3-7H2. The highest BCUT2D eigenvalue weighted by molar-refractivity contribution is 4.66. The van der Waals surface area contributed by atoms with Crippen LogP contribution >= 0.6 is 0 Å². The van der Waals surface area contributed by atoms with Crippen LogP contribution in [0, 0.1) is 5.92 Å². The fraction of sp³-hybridized carbons (Fsp3) is 0.750. The van der Waals surface area contributed by atoms with Gasteiger partial charge in [0.1, 0.15) is 0 Å². The van der Waals surface area contributed by atoms with E-state index in [1.165, 1.54) is 0 Å². The van der Waals surface area contributed by atoms with Gasteiger partial charge in [-0.05, 0) is 6.42 Å². The maximum absolute atomic E-state index is 5.22. The van der Waals surface area contributed by atoms with Crippen LogP contribution in [0.25, 0.3) is 0 Å². The first-order valence-corrected chi connectivity index (χ1v) is 3.70. The van der Waals surface area contributed by atoms with Crippen LogP contribution in [-0.2, 0) is 9.47 Å². The summed E-state index contributed by atoms with van der Waals surface area (Å²) in [5.41, 5.74) is 0. The Morgan fingerprint density at radius 3 is 2.90 bits per heavy atom. The zero-order valence-electron chi connectivity index (χ0n) is 6.21. The molecule has 10 heavy (non-hydrogen) atoms. The SMILES string of the molecule is C=CCOCCC1COC1. The van der Waals surface area contributed by atoms with Gasteiger partial charge >= 0.3 is 0 Å². The van der Waals surface area contributed by atoms with Crippen LogP contribution in [0.15, 0.2) is 12.7 Å². The molecule has 1 rings (SSSR count). The zero-order chi connectivity index (χ0) is 7.23. The van der Waals surface area contributed by atoms with E-state index < -0.39 is 0 Å². The molecule has 0 saturated carbocycles. The first-order chi connectivity index (χ1) is 4.93. The largest absolute Gasteiger partial charge is 0.381 e. The molecule has 58 valence electrons. The summed E-state index contributed by atoms with van der Waals surface area (Å²) < 4.78 is 10.2. The van der Waals surface area contributed by atoms with Gasteiger partial charge in [-0.25, -0.2) is 0 Å². The normalized spacial score (nSPS) is 18.4. The fourth-order valence-corrected chi connectivity index (χ4v) is 0.868. The van der Waals surface area contributed by atoms with Gasteiger partial charge < -0.3 is 9.47 Å². The van der Waals surface area contributed by atoms with Gasteiger partial charge in [0.25, 0.3) is 0 Å². The van der Waals surface area contributed by atoms with E-state index in [9.17, 15) is 0 Å². The third-order valence-corrected chi connectivity index (χ3v) is 1.61. The smallest absolute Gasteiger partial charge is 0.0644 e. The van der Waals surface area contributed by atoms with E-state index in [1.54, 1.807) is 6.08 Å². The van der Waals surface area contributed by atoms with Crippen LogP contribution in [-0.4, -0.2) is 26.4 Å². The molecule has 0 aromatic heterocycles. The summed E-state index contributed by atoms with van der Waals surface area (Å²) in [5.74, 6) is 0.754. The lowest BCUT2D eigenvalue weighted by Gasteiger charge is -2.25.